The van der Waals surface area contributed by atoms with Crippen LogP contribution < -0.4 is 0 Å². The van der Waals surface area contributed by atoms with E-state index in [1.54, 1.807) is 0 Å². The third kappa shape index (κ3) is 3.05. The van der Waals surface area contributed by atoms with Crippen molar-refractivity contribution in [1.29, 1.82) is 0 Å². The van der Waals surface area contributed by atoms with Gasteiger partial charge in [-0.25, -0.2) is 4.98 Å². The number of carbonyl (C=O) groups excluding carboxylic acids is 1. The maximum Gasteiger partial charge on any atom is 0.318 e. The van der Waals surface area contributed by atoms with Crippen LogP contribution in [0.5, 0.6) is 0 Å². The number of hydrogen-bond donors (Lipinski definition) is 0. The summed E-state index contributed by atoms with van der Waals surface area (Å²) >= 11 is 4.94. The molecule has 0 saturated heterocycles. The van der Waals surface area contributed by atoms with Gasteiger partial charge in [-0.3, -0.25) is 4.79 Å². The van der Waals surface area contributed by atoms with Crippen LogP contribution in [0.4, 0.5) is 0 Å². The average molecular weight is 329 g/mol. The Hall–Kier alpha value is -1.01. The number of fused-ring (bicyclic) bond motifs is 1. The van der Waals surface area contributed by atoms with Crippen LogP contribution in [0.15, 0.2) is 29.0 Å². The Bertz CT molecular complexity index is 570. The van der Waals surface area contributed by atoms with E-state index in [-0.39, 0.29) is 11.2 Å². The van der Waals surface area contributed by atoms with E-state index in [2.05, 4.69) is 25.7 Å². The molecule has 0 aliphatic rings. The zero-order chi connectivity index (χ0) is 13.1. The lowest BCUT2D eigenvalue weighted by Crippen LogP contribution is -2.14. The van der Waals surface area contributed by atoms with Crippen LogP contribution >= 0.6 is 27.7 Å². The van der Waals surface area contributed by atoms with Gasteiger partial charge in [-0.15, -0.1) is 11.8 Å². The van der Waals surface area contributed by atoms with Crippen molar-refractivity contribution in [3.63, 3.8) is 0 Å². The average Bonchev–Trinajstić information content (AvgIpc) is 2.76. The van der Waals surface area contributed by atoms with Crippen LogP contribution in [0.25, 0.3) is 5.65 Å². The third-order valence-electron chi connectivity index (χ3n) is 2.48. The SMILES string of the molecule is COC(=O)[C@H](C)SCc1cn2cc(Br)ccc2n1. The third-order valence-corrected chi connectivity index (χ3v) is 4.10. The lowest BCUT2D eigenvalue weighted by molar-refractivity contribution is -0.139. The highest BCUT2D eigenvalue weighted by atomic mass is 79.9. The number of aromatic nitrogens is 2. The molecule has 2 aromatic rings. The van der Waals surface area contributed by atoms with Gasteiger partial charge < -0.3 is 9.14 Å². The number of thioether (sulfide) groups is 1. The molecule has 0 fully saturated rings. The van der Waals surface area contributed by atoms with Gasteiger partial charge in [0.05, 0.1) is 18.1 Å². The molecule has 0 radical (unpaired) electrons. The van der Waals surface area contributed by atoms with E-state index >= 15 is 0 Å². The van der Waals surface area contributed by atoms with Crippen LogP contribution in [-0.2, 0) is 15.3 Å². The predicted octanol–water partition coefficient (Wildman–Crippen LogP) is 2.89. The van der Waals surface area contributed by atoms with Gasteiger partial charge in [0.2, 0.25) is 0 Å². The maximum absolute atomic E-state index is 11.3. The summed E-state index contributed by atoms with van der Waals surface area (Å²) in [5.74, 6) is 0.488. The van der Waals surface area contributed by atoms with Crippen molar-refractivity contribution in [3.8, 4) is 0 Å². The molecule has 0 amide bonds. The molecule has 0 bridgehead atoms. The second kappa shape index (κ2) is 5.75. The standard InChI is InChI=1S/C12H13BrN2O2S/c1-8(12(16)17-2)18-7-10-6-15-5-9(13)3-4-11(15)14-10/h3-6,8H,7H2,1-2H3/t8-/m0/s1. The van der Waals surface area contributed by atoms with Gasteiger partial charge in [0, 0.05) is 22.6 Å². The van der Waals surface area contributed by atoms with Crippen LogP contribution in [0, 0.1) is 0 Å². The molecule has 2 aromatic heterocycles. The first-order valence-electron chi connectivity index (χ1n) is 5.42. The Morgan fingerprint density at radius 3 is 3.06 bits per heavy atom. The Labute approximate surface area is 118 Å². The minimum atomic E-state index is -0.202. The first kappa shape index (κ1) is 13.4. The molecule has 0 unspecified atom stereocenters. The summed E-state index contributed by atoms with van der Waals surface area (Å²) < 4.78 is 7.65. The van der Waals surface area contributed by atoms with Gasteiger partial charge in [0.25, 0.3) is 0 Å². The number of ether oxygens (including phenoxy) is 1. The van der Waals surface area contributed by atoms with E-state index in [9.17, 15) is 4.79 Å². The summed E-state index contributed by atoms with van der Waals surface area (Å²) in [6, 6.07) is 3.90. The fourth-order valence-electron chi connectivity index (χ4n) is 1.53. The van der Waals surface area contributed by atoms with Crippen LogP contribution in [0.1, 0.15) is 12.6 Å². The van der Waals surface area contributed by atoms with Crippen molar-refractivity contribution in [3.05, 3.63) is 34.7 Å². The van der Waals surface area contributed by atoms with Crippen molar-refractivity contribution < 1.29 is 9.53 Å². The number of nitrogens with zero attached hydrogens (tertiary/aromatic N) is 2. The molecule has 4 nitrogen and oxygen atoms in total. The number of esters is 1. The van der Waals surface area contributed by atoms with E-state index in [0.29, 0.717) is 5.75 Å². The summed E-state index contributed by atoms with van der Waals surface area (Å²) in [6.07, 6.45) is 3.93. The summed E-state index contributed by atoms with van der Waals surface area (Å²) in [5.41, 5.74) is 1.85. The number of hydrogen-bond acceptors (Lipinski definition) is 4. The highest BCUT2D eigenvalue weighted by molar-refractivity contribution is 9.10. The molecule has 0 aliphatic carbocycles. The van der Waals surface area contributed by atoms with Crippen LogP contribution in [0.2, 0.25) is 0 Å². The molecule has 0 spiro atoms. The van der Waals surface area contributed by atoms with Crippen molar-refractivity contribution >= 4 is 39.3 Å². The number of carbonyl (C=O) groups is 1. The first-order chi connectivity index (χ1) is 8.60. The van der Waals surface area contributed by atoms with Gasteiger partial charge in [-0.05, 0) is 35.0 Å². The van der Waals surface area contributed by atoms with Crippen molar-refractivity contribution in [2.24, 2.45) is 0 Å². The monoisotopic (exact) mass is 328 g/mol. The molecule has 18 heavy (non-hydrogen) atoms. The summed E-state index contributed by atoms with van der Waals surface area (Å²) in [4.78, 5) is 15.8. The summed E-state index contributed by atoms with van der Waals surface area (Å²) in [7, 11) is 1.40. The Morgan fingerprint density at radius 2 is 2.33 bits per heavy atom. The number of halogens is 1. The predicted molar refractivity (Wildman–Crippen MR) is 75.7 cm³/mol. The van der Waals surface area contributed by atoms with Gasteiger partial charge >= 0.3 is 5.97 Å². The van der Waals surface area contributed by atoms with Crippen molar-refractivity contribution in [2.45, 2.75) is 17.9 Å². The second-order valence-corrected chi connectivity index (χ2v) is 6.07. The molecule has 2 rings (SSSR count). The zero-order valence-corrected chi connectivity index (χ0v) is 12.5. The second-order valence-electron chi connectivity index (χ2n) is 3.82. The molecule has 96 valence electrons. The normalized spacial score (nSPS) is 12.6. The maximum atomic E-state index is 11.3. The van der Waals surface area contributed by atoms with Crippen LogP contribution in [-0.4, -0.2) is 27.7 Å². The molecule has 6 heteroatoms. The van der Waals surface area contributed by atoms with Crippen LogP contribution in [0.3, 0.4) is 0 Å². The molecule has 0 saturated carbocycles. The number of pyridine rings is 1. The highest BCUT2D eigenvalue weighted by Crippen LogP contribution is 2.19. The summed E-state index contributed by atoms with van der Waals surface area (Å²) in [5, 5.41) is -0.174. The van der Waals surface area contributed by atoms with Gasteiger partial charge in [0.1, 0.15) is 5.65 Å². The number of imidazole rings is 1. The van der Waals surface area contributed by atoms with Crippen molar-refractivity contribution in [2.75, 3.05) is 7.11 Å². The molecule has 0 N–H and O–H groups in total. The number of rotatable bonds is 4. The smallest absolute Gasteiger partial charge is 0.318 e. The number of methoxy groups -OCH3 is 1. The minimum absolute atomic E-state index is 0.174. The largest absolute Gasteiger partial charge is 0.468 e. The fraction of sp³-hybridized carbons (Fsp3) is 0.333. The lowest BCUT2D eigenvalue weighted by Gasteiger charge is -2.06. The zero-order valence-electron chi connectivity index (χ0n) is 10.1. The fourth-order valence-corrected chi connectivity index (χ4v) is 2.68. The minimum Gasteiger partial charge on any atom is -0.468 e. The van der Waals surface area contributed by atoms with E-state index in [1.807, 2.05) is 35.9 Å². The van der Waals surface area contributed by atoms with Gasteiger partial charge in [-0.2, -0.15) is 0 Å². The van der Waals surface area contributed by atoms with Crippen molar-refractivity contribution in [1.82, 2.24) is 9.38 Å². The van der Waals surface area contributed by atoms with Gasteiger partial charge in [-0.1, -0.05) is 0 Å². The van der Waals surface area contributed by atoms with E-state index in [1.165, 1.54) is 18.9 Å². The molecule has 0 aromatic carbocycles. The Morgan fingerprint density at radius 1 is 1.56 bits per heavy atom. The first-order valence-corrected chi connectivity index (χ1v) is 7.27. The van der Waals surface area contributed by atoms with E-state index < -0.39 is 0 Å². The molecule has 2 heterocycles. The molecular formula is C12H13BrN2O2S. The molecular weight excluding hydrogens is 316 g/mol. The molecule has 0 aliphatic heterocycles. The Balaban J connectivity index is 2.06. The quantitative estimate of drug-likeness (QED) is 0.809. The lowest BCUT2D eigenvalue weighted by atomic mass is 10.5. The highest BCUT2D eigenvalue weighted by Gasteiger charge is 2.14. The molecule has 1 atom stereocenters. The van der Waals surface area contributed by atoms with E-state index in [4.69, 9.17) is 0 Å². The summed E-state index contributed by atoms with van der Waals surface area (Å²) in [6.45, 7) is 1.84. The van der Waals surface area contributed by atoms with Gasteiger partial charge in [0.15, 0.2) is 0 Å². The topological polar surface area (TPSA) is 43.6 Å². The van der Waals surface area contributed by atoms with E-state index in [0.717, 1.165) is 15.8 Å². The Kier molecular flexibility index (Phi) is 4.29.